The number of likely N-dealkylation sites (tertiary alicyclic amines) is 1. The number of carboxylic acids is 2. The summed E-state index contributed by atoms with van der Waals surface area (Å²) < 4.78 is 5.39. The van der Waals surface area contributed by atoms with Gasteiger partial charge in [0.05, 0.1) is 0 Å². The lowest BCUT2D eigenvalue weighted by Crippen LogP contribution is -2.63. The lowest BCUT2D eigenvalue weighted by molar-refractivity contribution is -0.154. The zero-order valence-corrected chi connectivity index (χ0v) is 27.0. The second-order valence-corrected chi connectivity index (χ2v) is 13.1. The summed E-state index contributed by atoms with van der Waals surface area (Å²) in [5.74, 6) is -3.20. The number of ether oxygens (including phenoxy) is 1. The van der Waals surface area contributed by atoms with Crippen LogP contribution in [0, 0.1) is 5.92 Å². The Morgan fingerprint density at radius 3 is 1.83 bits per heavy atom. The highest BCUT2D eigenvalue weighted by Crippen LogP contribution is 2.47. The van der Waals surface area contributed by atoms with Crippen LogP contribution in [0.25, 0.3) is 0 Å². The summed E-state index contributed by atoms with van der Waals surface area (Å²) in [6, 6.07) is 8.20. The Hall–Kier alpha value is -2.61. The number of hydrogen-bond acceptors (Lipinski definition) is 5. The van der Waals surface area contributed by atoms with Crippen molar-refractivity contribution < 1.29 is 29.3 Å². The van der Waals surface area contributed by atoms with Crippen LogP contribution in [0.3, 0.4) is 0 Å². The molecule has 8 nitrogen and oxygen atoms in total. The maximum absolute atomic E-state index is 12.9. The summed E-state index contributed by atoms with van der Waals surface area (Å²) in [6.07, 6.45) is 13.6. The van der Waals surface area contributed by atoms with Gasteiger partial charge in [-0.05, 0) is 57.6 Å². The van der Waals surface area contributed by atoms with Gasteiger partial charge in [-0.15, -0.1) is 0 Å². The number of aryl methyl sites for hydroxylation is 1. The molecule has 238 valence electrons. The average Bonchev–Trinajstić information content (AvgIpc) is 3.19. The molecule has 3 atom stereocenters. The fraction of sp³-hybridized carbons (Fsp3) is 0.735. The number of nitrogens with zero attached hydrogens (tertiary/aromatic N) is 1. The maximum atomic E-state index is 12.9. The summed E-state index contributed by atoms with van der Waals surface area (Å²) in [4.78, 5) is 40.2. The molecular formula is C34H56N2O6. The van der Waals surface area contributed by atoms with Crippen LogP contribution < -0.4 is 5.32 Å². The number of hydrogen-bond donors (Lipinski definition) is 3. The first kappa shape index (κ1) is 35.6. The highest BCUT2D eigenvalue weighted by atomic mass is 16.6. The molecule has 3 N–H and O–H groups in total. The van der Waals surface area contributed by atoms with E-state index in [-0.39, 0.29) is 25.9 Å². The molecule has 1 amide bonds. The summed E-state index contributed by atoms with van der Waals surface area (Å²) in [7, 11) is 0. The zero-order chi connectivity index (χ0) is 31.4. The van der Waals surface area contributed by atoms with Crippen LogP contribution in [-0.4, -0.2) is 56.4 Å². The molecule has 0 bridgehead atoms. The van der Waals surface area contributed by atoms with Gasteiger partial charge in [0.2, 0.25) is 0 Å². The molecule has 1 aliphatic rings. The molecule has 2 rings (SSSR count). The number of rotatable bonds is 18. The Bertz CT molecular complexity index is 1000. The van der Waals surface area contributed by atoms with Gasteiger partial charge < -0.3 is 20.3 Å². The molecule has 1 saturated heterocycles. The molecule has 1 fully saturated rings. The SMILES string of the molecule is CCCCCCCCCCCCc1ccc(CN2C[C@@](NC(=O)OC(C)(C)C)(C(=O)O)C(CC)[C@]2(CC)C(=O)O)cc1. The van der Waals surface area contributed by atoms with Gasteiger partial charge in [0, 0.05) is 19.0 Å². The number of nitrogens with one attached hydrogen (secondary N) is 1. The van der Waals surface area contributed by atoms with Crippen LogP contribution in [0.5, 0.6) is 0 Å². The smallest absolute Gasteiger partial charge is 0.408 e. The molecule has 8 heteroatoms. The third-order valence-corrected chi connectivity index (χ3v) is 8.81. The number of carboxylic acid groups (broad SMARTS) is 2. The largest absolute Gasteiger partial charge is 0.480 e. The fourth-order valence-electron chi connectivity index (χ4n) is 6.70. The number of carbonyl (C=O) groups is 3. The molecule has 0 aromatic heterocycles. The van der Waals surface area contributed by atoms with E-state index in [1.165, 1.54) is 63.4 Å². The van der Waals surface area contributed by atoms with Gasteiger partial charge in [-0.2, -0.15) is 0 Å². The van der Waals surface area contributed by atoms with Gasteiger partial charge >= 0.3 is 18.0 Å². The van der Waals surface area contributed by atoms with E-state index in [9.17, 15) is 24.6 Å². The van der Waals surface area contributed by atoms with Crippen LogP contribution in [0.15, 0.2) is 24.3 Å². The van der Waals surface area contributed by atoms with Crippen molar-refractivity contribution in [3.63, 3.8) is 0 Å². The molecule has 1 aromatic rings. The first-order valence-corrected chi connectivity index (χ1v) is 16.2. The van der Waals surface area contributed by atoms with Gasteiger partial charge in [-0.25, -0.2) is 9.59 Å². The van der Waals surface area contributed by atoms with Crippen molar-refractivity contribution in [1.82, 2.24) is 10.2 Å². The topological polar surface area (TPSA) is 116 Å². The quantitative estimate of drug-likeness (QED) is 0.151. The predicted molar refractivity (Wildman–Crippen MR) is 167 cm³/mol. The molecule has 0 aliphatic carbocycles. The molecule has 0 saturated carbocycles. The Kier molecular flexibility index (Phi) is 13.8. The van der Waals surface area contributed by atoms with Gasteiger partial charge in [-0.1, -0.05) is 103 Å². The van der Waals surface area contributed by atoms with Gasteiger partial charge in [0.25, 0.3) is 0 Å². The molecule has 1 unspecified atom stereocenters. The van der Waals surface area contributed by atoms with Crippen molar-refractivity contribution in [1.29, 1.82) is 0 Å². The number of amides is 1. The molecule has 42 heavy (non-hydrogen) atoms. The highest BCUT2D eigenvalue weighted by molar-refractivity contribution is 5.90. The van der Waals surface area contributed by atoms with Gasteiger partial charge in [-0.3, -0.25) is 9.69 Å². The van der Waals surface area contributed by atoms with E-state index in [1.54, 1.807) is 39.5 Å². The summed E-state index contributed by atoms with van der Waals surface area (Å²) >= 11 is 0. The fourth-order valence-corrected chi connectivity index (χ4v) is 6.70. The molecule has 0 radical (unpaired) electrons. The zero-order valence-electron chi connectivity index (χ0n) is 27.0. The Labute approximate surface area is 253 Å². The van der Waals surface area contributed by atoms with Crippen molar-refractivity contribution in [2.24, 2.45) is 5.92 Å². The van der Waals surface area contributed by atoms with Crippen molar-refractivity contribution in [2.45, 2.75) is 148 Å². The number of aliphatic carboxylic acids is 2. The second-order valence-electron chi connectivity index (χ2n) is 13.1. The molecule has 0 spiro atoms. The van der Waals surface area contributed by atoms with E-state index in [4.69, 9.17) is 4.74 Å². The minimum absolute atomic E-state index is 0.138. The predicted octanol–water partition coefficient (Wildman–Crippen LogP) is 7.57. The average molecular weight is 589 g/mol. The van der Waals surface area contributed by atoms with Crippen LogP contribution in [0.1, 0.15) is 130 Å². The van der Waals surface area contributed by atoms with Gasteiger partial charge in [0.1, 0.15) is 11.1 Å². The van der Waals surface area contributed by atoms with E-state index in [1.807, 2.05) is 12.1 Å². The standard InChI is InChI=1S/C34H56N2O6/c1-7-10-11-12-13-14-15-16-17-18-19-26-20-22-27(23-21-26)24-36-25-33(29(37)38,35-31(41)42-32(4,5)6)28(8-2)34(36,9-3)30(39)40/h20-23,28H,7-19,24-25H2,1-6H3,(H,35,41)(H,37,38)(H,39,40)/t28?,33-,34+/m0/s1. The van der Waals surface area contributed by atoms with E-state index in [2.05, 4.69) is 24.4 Å². The summed E-state index contributed by atoms with van der Waals surface area (Å²) in [5.41, 5.74) is -1.93. The molecule has 1 aliphatic heterocycles. The first-order valence-electron chi connectivity index (χ1n) is 16.2. The van der Waals surface area contributed by atoms with Crippen LogP contribution >= 0.6 is 0 Å². The van der Waals surface area contributed by atoms with Crippen molar-refractivity contribution in [3.05, 3.63) is 35.4 Å². The molecule has 1 heterocycles. The Balaban J connectivity index is 2.09. The first-order chi connectivity index (χ1) is 19.9. The van der Waals surface area contributed by atoms with Crippen molar-refractivity contribution >= 4 is 18.0 Å². The highest BCUT2D eigenvalue weighted by Gasteiger charge is 2.67. The van der Waals surface area contributed by atoms with E-state index >= 15 is 0 Å². The number of benzene rings is 1. The normalized spacial score (nSPS) is 22.7. The third-order valence-electron chi connectivity index (χ3n) is 8.81. The lowest BCUT2D eigenvalue weighted by atomic mass is 9.72. The molecular weight excluding hydrogens is 532 g/mol. The van der Waals surface area contributed by atoms with E-state index in [0.29, 0.717) is 0 Å². The van der Waals surface area contributed by atoms with Crippen molar-refractivity contribution in [3.8, 4) is 0 Å². The summed E-state index contributed by atoms with van der Waals surface area (Å²) in [6.45, 7) is 11.0. The molecule has 1 aromatic carbocycles. The Morgan fingerprint density at radius 2 is 1.38 bits per heavy atom. The van der Waals surface area contributed by atoms with Crippen LogP contribution in [-0.2, 0) is 27.3 Å². The monoisotopic (exact) mass is 588 g/mol. The van der Waals surface area contributed by atoms with E-state index in [0.717, 1.165) is 18.4 Å². The van der Waals surface area contributed by atoms with E-state index < -0.39 is 40.6 Å². The van der Waals surface area contributed by atoms with Crippen LogP contribution in [0.4, 0.5) is 4.79 Å². The third kappa shape index (κ3) is 9.19. The number of unbranched alkanes of at least 4 members (excludes halogenated alkanes) is 9. The Morgan fingerprint density at radius 1 is 0.857 bits per heavy atom. The van der Waals surface area contributed by atoms with Crippen molar-refractivity contribution in [2.75, 3.05) is 6.54 Å². The lowest BCUT2D eigenvalue weighted by Gasteiger charge is -2.39. The van der Waals surface area contributed by atoms with Gasteiger partial charge in [0.15, 0.2) is 5.54 Å². The maximum Gasteiger partial charge on any atom is 0.408 e. The number of carbonyl (C=O) groups excluding carboxylic acids is 1. The minimum Gasteiger partial charge on any atom is -0.480 e. The number of alkyl carbamates (subject to hydrolysis) is 1. The minimum atomic E-state index is -1.80. The van der Waals surface area contributed by atoms with Crippen LogP contribution in [0.2, 0.25) is 0 Å². The second kappa shape index (κ2) is 16.3. The summed E-state index contributed by atoms with van der Waals surface area (Å²) in [5, 5.41) is 23.6.